The van der Waals surface area contributed by atoms with Crippen molar-refractivity contribution in [1.82, 2.24) is 0 Å². The standard InChI is InChI=1S/C64H47N/c1-44-58(48-36-34-47(35-37-48)45-18-6-2-7-19-45)33-17-30-55(41-59(44)56-31-15-26-51(39-56)46-20-8-3-9-21-46)53-28-14-27-52(38-53)54-29-16-32-57(40-54)60-43-63(49-22-10-4-11-23-49)65-64(62-42-61(60)62)50-24-12-5-13-25-50/h2-16,18-29,31-41,43-44,59,62H,42H2,1H3/b55-41+,58-33-. The summed E-state index contributed by atoms with van der Waals surface area (Å²) in [6, 6.07) is 78.6. The van der Waals surface area contributed by atoms with Crippen molar-refractivity contribution in [2.24, 2.45) is 16.8 Å². The highest BCUT2D eigenvalue weighted by atomic mass is 14.8. The van der Waals surface area contributed by atoms with Crippen LogP contribution in [0.15, 0.2) is 247 Å². The predicted molar refractivity (Wildman–Crippen MR) is 274 cm³/mol. The zero-order chi connectivity index (χ0) is 43.5. The Morgan fingerprint density at radius 3 is 1.60 bits per heavy atom. The van der Waals surface area contributed by atoms with E-state index in [1.54, 1.807) is 0 Å². The molecule has 3 aliphatic rings. The van der Waals surface area contributed by atoms with Crippen LogP contribution in [0.1, 0.15) is 52.6 Å². The van der Waals surface area contributed by atoms with Gasteiger partial charge in [0.1, 0.15) is 0 Å². The highest BCUT2D eigenvalue weighted by Crippen LogP contribution is 2.50. The summed E-state index contributed by atoms with van der Waals surface area (Å²) >= 11 is 0. The first kappa shape index (κ1) is 39.8. The maximum absolute atomic E-state index is 5.38. The second kappa shape index (κ2) is 17.6. The van der Waals surface area contributed by atoms with E-state index in [9.17, 15) is 0 Å². The molecular weight excluding hydrogens is 783 g/mol. The molecule has 2 aliphatic carbocycles. The number of nitrogens with zero attached hydrogens (tertiary/aromatic N) is 1. The first-order valence-electron chi connectivity index (χ1n) is 22.7. The Labute approximate surface area is 383 Å². The molecule has 0 saturated heterocycles. The van der Waals surface area contributed by atoms with Crippen LogP contribution in [0.25, 0.3) is 55.8 Å². The van der Waals surface area contributed by atoms with E-state index in [1.165, 1.54) is 72.4 Å². The van der Waals surface area contributed by atoms with E-state index in [4.69, 9.17) is 4.99 Å². The van der Waals surface area contributed by atoms with E-state index >= 15 is 0 Å². The molecule has 1 nitrogen and oxygen atoms in total. The summed E-state index contributed by atoms with van der Waals surface area (Å²) < 4.78 is 0. The summed E-state index contributed by atoms with van der Waals surface area (Å²) in [6.45, 7) is 2.36. The SMILES string of the molecule is CC1/C(c2ccc(-c3ccccc3)cc2)=C/C#C/C(c2cccc(-c3cccc(C4=C5CC5C(c5ccccc5)=NC(c5ccccc5)=C4)c3)c2)=C\C1c1cccc(-c2ccccc2)c1. The van der Waals surface area contributed by atoms with E-state index in [-0.39, 0.29) is 11.8 Å². The molecule has 0 spiro atoms. The molecule has 1 fully saturated rings. The van der Waals surface area contributed by atoms with E-state index in [2.05, 4.69) is 255 Å². The maximum Gasteiger partial charge on any atom is 0.0711 e. The average molecular weight is 830 g/mol. The number of fused-ring (bicyclic) bond motifs is 1. The van der Waals surface area contributed by atoms with Crippen molar-refractivity contribution in [3.05, 3.63) is 276 Å². The molecule has 11 rings (SSSR count). The van der Waals surface area contributed by atoms with Gasteiger partial charge in [-0.3, -0.25) is 4.99 Å². The first-order valence-corrected chi connectivity index (χ1v) is 22.7. The predicted octanol–water partition coefficient (Wildman–Crippen LogP) is 15.9. The van der Waals surface area contributed by atoms with Gasteiger partial charge in [-0.05, 0) is 109 Å². The highest BCUT2D eigenvalue weighted by molar-refractivity contribution is 6.12. The van der Waals surface area contributed by atoms with Crippen LogP contribution >= 0.6 is 0 Å². The third-order valence-corrected chi connectivity index (χ3v) is 13.2. The fourth-order valence-corrected chi connectivity index (χ4v) is 9.65. The Morgan fingerprint density at radius 1 is 0.446 bits per heavy atom. The fourth-order valence-electron chi connectivity index (χ4n) is 9.65. The molecular formula is C64H47N. The van der Waals surface area contributed by atoms with Crippen LogP contribution in [-0.4, -0.2) is 5.71 Å². The van der Waals surface area contributed by atoms with E-state index in [0.29, 0.717) is 5.92 Å². The zero-order valence-electron chi connectivity index (χ0n) is 36.4. The molecule has 8 aromatic carbocycles. The maximum atomic E-state index is 5.38. The highest BCUT2D eigenvalue weighted by Gasteiger charge is 2.39. The number of rotatable bonds is 9. The molecule has 0 N–H and O–H groups in total. The number of hydrogen-bond donors (Lipinski definition) is 0. The smallest absolute Gasteiger partial charge is 0.0711 e. The van der Waals surface area contributed by atoms with Crippen LogP contribution in [-0.2, 0) is 0 Å². The van der Waals surface area contributed by atoms with E-state index in [1.807, 2.05) is 0 Å². The van der Waals surface area contributed by atoms with Gasteiger partial charge in [0.25, 0.3) is 0 Å². The van der Waals surface area contributed by atoms with Gasteiger partial charge < -0.3 is 0 Å². The van der Waals surface area contributed by atoms with Crippen molar-refractivity contribution in [2.75, 3.05) is 0 Å². The normalized spacial score (nSPS) is 19.3. The van der Waals surface area contributed by atoms with Crippen molar-refractivity contribution in [3.63, 3.8) is 0 Å². The van der Waals surface area contributed by atoms with Gasteiger partial charge in [0.05, 0.1) is 11.4 Å². The van der Waals surface area contributed by atoms with Crippen LogP contribution in [0.5, 0.6) is 0 Å². The summed E-state index contributed by atoms with van der Waals surface area (Å²) in [5.41, 5.74) is 21.5. The van der Waals surface area contributed by atoms with Crippen LogP contribution in [0.2, 0.25) is 0 Å². The third-order valence-electron chi connectivity index (χ3n) is 13.2. The van der Waals surface area contributed by atoms with Gasteiger partial charge in [-0.1, -0.05) is 237 Å². The molecule has 0 amide bonds. The first-order chi connectivity index (χ1) is 32.1. The molecule has 3 unspecified atom stereocenters. The molecule has 0 bridgehead atoms. The van der Waals surface area contributed by atoms with Gasteiger partial charge in [-0.2, -0.15) is 0 Å². The largest absolute Gasteiger partial charge is 0.252 e. The molecule has 1 heterocycles. The van der Waals surface area contributed by atoms with Gasteiger partial charge in [0.15, 0.2) is 0 Å². The van der Waals surface area contributed by atoms with Gasteiger partial charge in [0.2, 0.25) is 0 Å². The second-order valence-corrected chi connectivity index (χ2v) is 17.3. The summed E-state index contributed by atoms with van der Waals surface area (Å²) in [5, 5.41) is 0. The molecule has 8 aromatic rings. The monoisotopic (exact) mass is 829 g/mol. The zero-order valence-corrected chi connectivity index (χ0v) is 36.4. The molecule has 65 heavy (non-hydrogen) atoms. The fraction of sp³-hybridized carbons (Fsp3) is 0.0781. The van der Waals surface area contributed by atoms with Crippen LogP contribution in [0, 0.1) is 23.7 Å². The lowest BCUT2D eigenvalue weighted by Gasteiger charge is -2.27. The minimum Gasteiger partial charge on any atom is -0.252 e. The Balaban J connectivity index is 0.968. The number of aliphatic imine (C=N–C) groups is 1. The molecule has 1 aliphatic heterocycles. The van der Waals surface area contributed by atoms with Crippen molar-refractivity contribution in [1.29, 1.82) is 0 Å². The minimum absolute atomic E-state index is 0.0686. The number of hydrogen-bond acceptors (Lipinski definition) is 1. The lowest BCUT2D eigenvalue weighted by Crippen LogP contribution is -2.12. The van der Waals surface area contributed by atoms with Crippen molar-refractivity contribution < 1.29 is 0 Å². The Morgan fingerprint density at radius 2 is 0.938 bits per heavy atom. The molecule has 0 aromatic heterocycles. The molecule has 1 heteroatoms. The topological polar surface area (TPSA) is 12.4 Å². The van der Waals surface area contributed by atoms with Crippen LogP contribution in [0.3, 0.4) is 0 Å². The Bertz CT molecular complexity index is 3260. The quantitative estimate of drug-likeness (QED) is 0.129. The minimum atomic E-state index is 0.0686. The Hall–Kier alpha value is -8.05. The van der Waals surface area contributed by atoms with Crippen molar-refractivity contribution in [3.8, 4) is 45.2 Å². The van der Waals surface area contributed by atoms with Gasteiger partial charge in [0, 0.05) is 23.0 Å². The summed E-state index contributed by atoms with van der Waals surface area (Å²) in [7, 11) is 0. The summed E-state index contributed by atoms with van der Waals surface area (Å²) in [4.78, 5) is 5.38. The number of allylic oxidation sites excluding steroid dienone is 7. The second-order valence-electron chi connectivity index (χ2n) is 17.3. The summed E-state index contributed by atoms with van der Waals surface area (Å²) in [5.74, 6) is 7.70. The average Bonchev–Trinajstić information content (AvgIpc) is 4.19. The summed E-state index contributed by atoms with van der Waals surface area (Å²) in [6.07, 6.45) is 7.93. The molecule has 308 valence electrons. The van der Waals surface area contributed by atoms with E-state index in [0.717, 1.165) is 34.5 Å². The Kier molecular flexibility index (Phi) is 10.8. The van der Waals surface area contributed by atoms with Crippen LogP contribution in [0.4, 0.5) is 0 Å². The van der Waals surface area contributed by atoms with Crippen LogP contribution < -0.4 is 0 Å². The lowest BCUT2D eigenvalue weighted by atomic mass is 9.77. The lowest BCUT2D eigenvalue weighted by molar-refractivity contribution is 0.661. The third kappa shape index (κ3) is 8.31. The van der Waals surface area contributed by atoms with Gasteiger partial charge in [-0.15, -0.1) is 0 Å². The van der Waals surface area contributed by atoms with Gasteiger partial charge in [-0.25, -0.2) is 0 Å². The number of benzene rings is 8. The molecule has 0 radical (unpaired) electrons. The molecule has 1 saturated carbocycles. The van der Waals surface area contributed by atoms with Crippen molar-refractivity contribution in [2.45, 2.75) is 19.3 Å². The van der Waals surface area contributed by atoms with E-state index < -0.39 is 0 Å². The van der Waals surface area contributed by atoms with Gasteiger partial charge >= 0.3 is 0 Å². The molecule has 3 atom stereocenters. The van der Waals surface area contributed by atoms with Crippen molar-refractivity contribution >= 4 is 28.1 Å².